The lowest BCUT2D eigenvalue weighted by Gasteiger charge is -2.37. The van der Waals surface area contributed by atoms with E-state index in [0.717, 1.165) is 29.7 Å². The zero-order valence-electron chi connectivity index (χ0n) is 18.4. The SMILES string of the molecule is COc1ccc(-c2cc(C3(C(=O)N4c5ccc(F)cc5CCC4C)CC3)no2)cc1OC. The Morgan fingerprint density at radius 1 is 1.12 bits per heavy atom. The molecule has 1 aliphatic heterocycles. The highest BCUT2D eigenvalue weighted by molar-refractivity contribution is 6.04. The van der Waals surface area contributed by atoms with Gasteiger partial charge in [-0.2, -0.15) is 0 Å². The van der Waals surface area contributed by atoms with Crippen LogP contribution in [0.2, 0.25) is 0 Å². The number of fused-ring (bicyclic) bond motifs is 1. The number of carbonyl (C=O) groups excluding carboxylic acids is 1. The molecule has 0 N–H and O–H groups in total. The van der Waals surface area contributed by atoms with Gasteiger partial charge >= 0.3 is 0 Å². The number of halogens is 1. The Kier molecular flexibility index (Phi) is 4.92. The number of hydrogen-bond acceptors (Lipinski definition) is 5. The van der Waals surface area contributed by atoms with Gasteiger partial charge in [0.15, 0.2) is 17.3 Å². The van der Waals surface area contributed by atoms with Crippen LogP contribution in [-0.4, -0.2) is 31.3 Å². The average Bonchev–Trinajstić information content (AvgIpc) is 3.47. The van der Waals surface area contributed by atoms with Gasteiger partial charge in [0.05, 0.1) is 25.3 Å². The van der Waals surface area contributed by atoms with Crippen LogP contribution in [0.5, 0.6) is 11.5 Å². The molecule has 5 rings (SSSR count). The van der Waals surface area contributed by atoms with Crippen LogP contribution >= 0.6 is 0 Å². The van der Waals surface area contributed by atoms with E-state index in [-0.39, 0.29) is 17.8 Å². The Bertz CT molecular complexity index is 1180. The van der Waals surface area contributed by atoms with Crippen molar-refractivity contribution in [2.45, 2.75) is 44.1 Å². The minimum absolute atomic E-state index is 0.00437. The first-order chi connectivity index (χ1) is 15.5. The number of amides is 1. The minimum Gasteiger partial charge on any atom is -0.493 e. The van der Waals surface area contributed by atoms with Crippen molar-refractivity contribution in [2.24, 2.45) is 0 Å². The van der Waals surface area contributed by atoms with E-state index in [1.807, 2.05) is 30.0 Å². The predicted molar refractivity (Wildman–Crippen MR) is 118 cm³/mol. The molecule has 1 unspecified atom stereocenters. The van der Waals surface area contributed by atoms with Crippen molar-refractivity contribution in [2.75, 3.05) is 19.1 Å². The Hall–Kier alpha value is -3.35. The lowest BCUT2D eigenvalue weighted by atomic mass is 9.92. The Balaban J connectivity index is 1.47. The van der Waals surface area contributed by atoms with Crippen LogP contribution in [0.1, 0.15) is 37.4 Å². The monoisotopic (exact) mass is 436 g/mol. The number of hydrogen-bond donors (Lipinski definition) is 0. The van der Waals surface area contributed by atoms with Gasteiger partial charge in [0.2, 0.25) is 5.91 Å². The molecule has 2 heterocycles. The summed E-state index contributed by atoms with van der Waals surface area (Å²) in [5.41, 5.74) is 2.39. The van der Waals surface area contributed by atoms with E-state index in [9.17, 15) is 9.18 Å². The third-order valence-corrected chi connectivity index (χ3v) is 6.62. The molecule has 1 amide bonds. The maximum Gasteiger partial charge on any atom is 0.239 e. The molecule has 1 aromatic heterocycles. The van der Waals surface area contributed by atoms with E-state index in [4.69, 9.17) is 14.0 Å². The maximum absolute atomic E-state index is 13.8. The van der Waals surface area contributed by atoms with Crippen molar-refractivity contribution in [1.82, 2.24) is 5.16 Å². The van der Waals surface area contributed by atoms with Gasteiger partial charge < -0.3 is 18.9 Å². The molecule has 32 heavy (non-hydrogen) atoms. The quantitative estimate of drug-likeness (QED) is 0.569. The fourth-order valence-electron chi connectivity index (χ4n) is 4.59. The molecular weight excluding hydrogens is 411 g/mol. The number of anilines is 1. The summed E-state index contributed by atoms with van der Waals surface area (Å²) in [4.78, 5) is 15.6. The van der Waals surface area contributed by atoms with Crippen LogP contribution in [0.3, 0.4) is 0 Å². The number of benzene rings is 2. The molecule has 2 aromatic carbocycles. The number of aromatic nitrogens is 1. The number of methoxy groups -OCH3 is 2. The van der Waals surface area contributed by atoms with Crippen molar-refractivity contribution >= 4 is 11.6 Å². The summed E-state index contributed by atoms with van der Waals surface area (Å²) in [7, 11) is 3.16. The van der Waals surface area contributed by atoms with Crippen LogP contribution < -0.4 is 14.4 Å². The fraction of sp³-hybridized carbons (Fsp3) is 0.360. The summed E-state index contributed by atoms with van der Waals surface area (Å²) in [6, 6.07) is 12.0. The van der Waals surface area contributed by atoms with Gasteiger partial charge in [0.25, 0.3) is 0 Å². The molecular formula is C25H25FN2O4. The van der Waals surface area contributed by atoms with Crippen LogP contribution in [0.25, 0.3) is 11.3 Å². The summed E-state index contributed by atoms with van der Waals surface area (Å²) in [5, 5.41) is 4.28. The van der Waals surface area contributed by atoms with Crippen molar-refractivity contribution < 1.29 is 23.2 Å². The summed E-state index contributed by atoms with van der Waals surface area (Å²) in [6.45, 7) is 2.04. The number of rotatable bonds is 5. The third kappa shape index (κ3) is 3.23. The van der Waals surface area contributed by atoms with E-state index < -0.39 is 5.41 Å². The molecule has 2 aliphatic rings. The van der Waals surface area contributed by atoms with E-state index >= 15 is 0 Å². The second kappa shape index (κ2) is 7.65. The number of ether oxygens (including phenoxy) is 2. The summed E-state index contributed by atoms with van der Waals surface area (Å²) in [6.07, 6.45) is 2.99. The maximum atomic E-state index is 13.8. The van der Waals surface area contributed by atoms with Gasteiger partial charge in [-0.05, 0) is 74.6 Å². The highest BCUT2D eigenvalue weighted by Gasteiger charge is 2.56. The normalized spacial score (nSPS) is 18.8. The first-order valence-electron chi connectivity index (χ1n) is 10.8. The van der Waals surface area contributed by atoms with Crippen molar-refractivity contribution in [3.8, 4) is 22.8 Å². The molecule has 0 saturated heterocycles. The Labute approximate surface area is 185 Å². The van der Waals surface area contributed by atoms with Gasteiger partial charge in [-0.1, -0.05) is 5.16 Å². The molecule has 1 atom stereocenters. The molecule has 0 radical (unpaired) electrons. The smallest absolute Gasteiger partial charge is 0.239 e. The fourth-order valence-corrected chi connectivity index (χ4v) is 4.59. The molecule has 0 bridgehead atoms. The first kappa shape index (κ1) is 20.5. The molecule has 3 aromatic rings. The van der Waals surface area contributed by atoms with Crippen LogP contribution in [-0.2, 0) is 16.6 Å². The van der Waals surface area contributed by atoms with Crippen molar-refractivity contribution in [1.29, 1.82) is 0 Å². The highest BCUT2D eigenvalue weighted by Crippen LogP contribution is 2.51. The van der Waals surface area contributed by atoms with Crippen molar-refractivity contribution in [3.05, 3.63) is 59.5 Å². The minimum atomic E-state index is -0.699. The molecule has 6 nitrogen and oxygen atoms in total. The van der Waals surface area contributed by atoms with Crippen LogP contribution in [0.15, 0.2) is 47.0 Å². The van der Waals surface area contributed by atoms with Gasteiger partial charge in [-0.25, -0.2) is 4.39 Å². The number of carbonyl (C=O) groups is 1. The Morgan fingerprint density at radius 2 is 1.91 bits per heavy atom. The summed E-state index contributed by atoms with van der Waals surface area (Å²) in [5.74, 6) is 1.51. The average molecular weight is 436 g/mol. The molecule has 0 spiro atoms. The number of nitrogens with zero attached hydrogens (tertiary/aromatic N) is 2. The first-order valence-corrected chi connectivity index (χ1v) is 10.8. The van der Waals surface area contributed by atoms with Gasteiger partial charge in [-0.15, -0.1) is 0 Å². The standard InChI is InChI=1S/C25H25FN2O4/c1-15-4-5-16-12-18(26)7-8-19(16)28(15)24(29)25(10-11-25)23-14-21(32-27-23)17-6-9-20(30-2)22(13-17)31-3/h6-9,12-15H,4-5,10-11H2,1-3H3. The van der Waals surface area contributed by atoms with Gasteiger partial charge in [0, 0.05) is 23.4 Å². The number of aryl methyl sites for hydroxylation is 1. The second-order valence-electron chi connectivity index (χ2n) is 8.56. The zero-order chi connectivity index (χ0) is 22.5. The molecule has 7 heteroatoms. The highest BCUT2D eigenvalue weighted by atomic mass is 19.1. The Morgan fingerprint density at radius 3 is 2.62 bits per heavy atom. The lowest BCUT2D eigenvalue weighted by Crippen LogP contribution is -2.47. The summed E-state index contributed by atoms with van der Waals surface area (Å²) < 4.78 is 30.1. The molecule has 1 aliphatic carbocycles. The lowest BCUT2D eigenvalue weighted by molar-refractivity contribution is -0.121. The topological polar surface area (TPSA) is 64.8 Å². The molecule has 1 saturated carbocycles. The van der Waals surface area contributed by atoms with Gasteiger partial charge in [-0.3, -0.25) is 4.79 Å². The second-order valence-corrected chi connectivity index (χ2v) is 8.56. The van der Waals surface area contributed by atoms with Crippen LogP contribution in [0.4, 0.5) is 10.1 Å². The van der Waals surface area contributed by atoms with E-state index in [1.165, 1.54) is 12.1 Å². The van der Waals surface area contributed by atoms with Gasteiger partial charge in [0.1, 0.15) is 5.82 Å². The van der Waals surface area contributed by atoms with E-state index in [1.54, 1.807) is 26.4 Å². The zero-order valence-corrected chi connectivity index (χ0v) is 18.4. The summed E-state index contributed by atoms with van der Waals surface area (Å²) >= 11 is 0. The van der Waals surface area contributed by atoms with Crippen molar-refractivity contribution in [3.63, 3.8) is 0 Å². The molecule has 1 fully saturated rings. The third-order valence-electron chi connectivity index (χ3n) is 6.62. The predicted octanol–water partition coefficient (Wildman–Crippen LogP) is 4.90. The molecule has 166 valence electrons. The van der Waals surface area contributed by atoms with Crippen LogP contribution in [0, 0.1) is 5.82 Å². The van der Waals surface area contributed by atoms with E-state index in [0.29, 0.717) is 35.8 Å². The largest absolute Gasteiger partial charge is 0.493 e. The van der Waals surface area contributed by atoms with E-state index in [2.05, 4.69) is 5.16 Å².